The van der Waals surface area contributed by atoms with Crippen molar-refractivity contribution in [2.24, 2.45) is 0 Å². The average molecular weight is 341 g/mol. The summed E-state index contributed by atoms with van der Waals surface area (Å²) in [6.07, 6.45) is 5.04. The van der Waals surface area contributed by atoms with E-state index in [9.17, 15) is 0 Å². The predicted molar refractivity (Wildman–Crippen MR) is 93.4 cm³/mol. The second-order valence-electron chi connectivity index (χ2n) is 4.99. The summed E-state index contributed by atoms with van der Waals surface area (Å²) in [5, 5.41) is 1.21. The Kier molecular flexibility index (Phi) is 3.98. The van der Waals surface area contributed by atoms with Gasteiger partial charge in [0, 0.05) is 21.0 Å². The number of benzene rings is 2. The van der Waals surface area contributed by atoms with Gasteiger partial charge in [0.1, 0.15) is 11.3 Å². The lowest BCUT2D eigenvalue weighted by Crippen LogP contribution is -1.81. The number of allylic oxidation sites excluding steroid dienone is 1. The molecule has 2 heteroatoms. The minimum absolute atomic E-state index is 0.969. The van der Waals surface area contributed by atoms with Gasteiger partial charge in [0.15, 0.2) is 0 Å². The van der Waals surface area contributed by atoms with E-state index in [0.29, 0.717) is 0 Å². The van der Waals surface area contributed by atoms with Crippen LogP contribution in [-0.4, -0.2) is 0 Å². The first-order valence-corrected chi connectivity index (χ1v) is 7.97. The molecule has 1 heterocycles. The SMILES string of the molecule is C/C=C\c1oc2c(-c3ccc(Br)cc3)cccc2c1CC. The zero-order valence-electron chi connectivity index (χ0n) is 12.2. The summed E-state index contributed by atoms with van der Waals surface area (Å²) >= 11 is 3.48. The van der Waals surface area contributed by atoms with Crippen LogP contribution in [0.4, 0.5) is 0 Å². The Hall–Kier alpha value is -1.80. The molecule has 0 amide bonds. The molecule has 0 fully saturated rings. The Balaban J connectivity index is 2.27. The molecule has 3 aromatic rings. The highest BCUT2D eigenvalue weighted by molar-refractivity contribution is 9.10. The fraction of sp³-hybridized carbons (Fsp3) is 0.158. The van der Waals surface area contributed by atoms with Gasteiger partial charge in [-0.2, -0.15) is 0 Å². The third kappa shape index (κ3) is 2.56. The fourth-order valence-corrected chi connectivity index (χ4v) is 2.96. The highest BCUT2D eigenvalue weighted by Gasteiger charge is 2.14. The summed E-state index contributed by atoms with van der Waals surface area (Å²) < 4.78 is 7.23. The number of fused-ring (bicyclic) bond motifs is 1. The van der Waals surface area contributed by atoms with Crippen molar-refractivity contribution < 1.29 is 4.42 Å². The Labute approximate surface area is 133 Å². The number of hydrogen-bond donors (Lipinski definition) is 0. The summed E-state index contributed by atoms with van der Waals surface area (Å²) in [6.45, 7) is 4.19. The average Bonchev–Trinajstić information content (AvgIpc) is 2.85. The van der Waals surface area contributed by atoms with E-state index in [0.717, 1.165) is 27.8 Å². The van der Waals surface area contributed by atoms with Crippen LogP contribution in [-0.2, 0) is 6.42 Å². The third-order valence-corrected chi connectivity index (χ3v) is 4.21. The van der Waals surface area contributed by atoms with Crippen molar-refractivity contribution in [3.05, 3.63) is 64.3 Å². The first kappa shape index (κ1) is 14.2. The largest absolute Gasteiger partial charge is 0.456 e. The summed E-state index contributed by atoms with van der Waals surface area (Å²) in [5.74, 6) is 0.972. The second kappa shape index (κ2) is 5.90. The van der Waals surface area contributed by atoms with Gasteiger partial charge < -0.3 is 4.42 Å². The Morgan fingerprint density at radius 2 is 1.86 bits per heavy atom. The predicted octanol–water partition coefficient (Wildman–Crippen LogP) is 6.46. The first-order valence-electron chi connectivity index (χ1n) is 7.17. The van der Waals surface area contributed by atoms with Crippen molar-refractivity contribution in [3.8, 4) is 11.1 Å². The van der Waals surface area contributed by atoms with Crippen LogP contribution in [0.3, 0.4) is 0 Å². The normalized spacial score (nSPS) is 11.6. The molecule has 106 valence electrons. The Bertz CT molecular complexity index is 794. The molecule has 1 aromatic heterocycles. The Morgan fingerprint density at radius 3 is 2.52 bits per heavy atom. The molecule has 0 atom stereocenters. The monoisotopic (exact) mass is 340 g/mol. The van der Waals surface area contributed by atoms with Crippen LogP contribution < -0.4 is 0 Å². The van der Waals surface area contributed by atoms with Gasteiger partial charge in [-0.1, -0.05) is 59.3 Å². The number of aryl methyl sites for hydroxylation is 1. The molecule has 0 saturated carbocycles. The molecule has 0 aliphatic carbocycles. The van der Waals surface area contributed by atoms with Crippen LogP contribution in [0.5, 0.6) is 0 Å². The zero-order chi connectivity index (χ0) is 14.8. The van der Waals surface area contributed by atoms with E-state index in [1.165, 1.54) is 16.5 Å². The number of furan rings is 1. The lowest BCUT2D eigenvalue weighted by Gasteiger charge is -2.03. The van der Waals surface area contributed by atoms with E-state index in [1.54, 1.807) is 0 Å². The molecular formula is C19H17BrO. The minimum Gasteiger partial charge on any atom is -0.456 e. The van der Waals surface area contributed by atoms with Gasteiger partial charge in [-0.05, 0) is 37.1 Å². The van der Waals surface area contributed by atoms with Gasteiger partial charge in [0.2, 0.25) is 0 Å². The van der Waals surface area contributed by atoms with Gasteiger partial charge >= 0.3 is 0 Å². The highest BCUT2D eigenvalue weighted by atomic mass is 79.9. The van der Waals surface area contributed by atoms with Gasteiger partial charge in [0.05, 0.1) is 0 Å². The molecule has 0 saturated heterocycles. The van der Waals surface area contributed by atoms with Crippen LogP contribution >= 0.6 is 15.9 Å². The Morgan fingerprint density at radius 1 is 1.10 bits per heavy atom. The van der Waals surface area contributed by atoms with Crippen LogP contribution in [0.2, 0.25) is 0 Å². The van der Waals surface area contributed by atoms with E-state index < -0.39 is 0 Å². The van der Waals surface area contributed by atoms with Crippen molar-refractivity contribution in [2.75, 3.05) is 0 Å². The van der Waals surface area contributed by atoms with E-state index in [-0.39, 0.29) is 0 Å². The molecule has 0 aliphatic rings. The number of rotatable bonds is 3. The molecule has 1 nitrogen and oxygen atoms in total. The maximum absolute atomic E-state index is 6.15. The summed E-state index contributed by atoms with van der Waals surface area (Å²) in [6, 6.07) is 14.7. The standard InChI is InChI=1S/C19H17BrO/c1-3-6-18-15(4-2)17-8-5-7-16(19(17)21-18)13-9-11-14(20)12-10-13/h3,5-12H,4H2,1-2H3/b6-3-. The molecule has 0 unspecified atom stereocenters. The number of hydrogen-bond acceptors (Lipinski definition) is 1. The summed E-state index contributed by atoms with van der Waals surface area (Å²) in [5.41, 5.74) is 4.57. The van der Waals surface area contributed by atoms with E-state index in [2.05, 4.69) is 65.3 Å². The van der Waals surface area contributed by atoms with Crippen LogP contribution in [0, 0.1) is 0 Å². The first-order chi connectivity index (χ1) is 10.2. The molecule has 0 aliphatic heterocycles. The van der Waals surface area contributed by atoms with Crippen LogP contribution in [0.25, 0.3) is 28.2 Å². The molecule has 0 spiro atoms. The number of para-hydroxylation sites is 1. The fourth-order valence-electron chi connectivity index (χ4n) is 2.70. The quantitative estimate of drug-likeness (QED) is 0.533. The summed E-state index contributed by atoms with van der Waals surface area (Å²) in [4.78, 5) is 0. The smallest absolute Gasteiger partial charge is 0.142 e. The van der Waals surface area contributed by atoms with Gasteiger partial charge in [-0.15, -0.1) is 0 Å². The van der Waals surface area contributed by atoms with Crippen molar-refractivity contribution in [1.29, 1.82) is 0 Å². The molecule has 0 bridgehead atoms. The lowest BCUT2D eigenvalue weighted by molar-refractivity contribution is 0.600. The topological polar surface area (TPSA) is 13.1 Å². The van der Waals surface area contributed by atoms with Gasteiger partial charge in [-0.25, -0.2) is 0 Å². The lowest BCUT2D eigenvalue weighted by atomic mass is 10.0. The maximum atomic E-state index is 6.15. The molecule has 0 N–H and O–H groups in total. The molecular weight excluding hydrogens is 324 g/mol. The second-order valence-corrected chi connectivity index (χ2v) is 5.90. The van der Waals surface area contributed by atoms with Gasteiger partial charge in [-0.3, -0.25) is 0 Å². The van der Waals surface area contributed by atoms with Crippen LogP contribution in [0.1, 0.15) is 25.2 Å². The third-order valence-electron chi connectivity index (χ3n) is 3.68. The summed E-state index contributed by atoms with van der Waals surface area (Å²) in [7, 11) is 0. The highest BCUT2D eigenvalue weighted by Crippen LogP contribution is 2.35. The minimum atomic E-state index is 0.969. The van der Waals surface area contributed by atoms with Crippen LogP contribution in [0.15, 0.2) is 57.4 Å². The van der Waals surface area contributed by atoms with E-state index in [4.69, 9.17) is 4.42 Å². The van der Waals surface area contributed by atoms with E-state index >= 15 is 0 Å². The van der Waals surface area contributed by atoms with Crippen molar-refractivity contribution >= 4 is 33.0 Å². The molecule has 2 aromatic carbocycles. The van der Waals surface area contributed by atoms with Gasteiger partial charge in [0.25, 0.3) is 0 Å². The molecule has 3 rings (SSSR count). The zero-order valence-corrected chi connectivity index (χ0v) is 13.8. The van der Waals surface area contributed by atoms with Crippen molar-refractivity contribution in [3.63, 3.8) is 0 Å². The maximum Gasteiger partial charge on any atom is 0.142 e. The van der Waals surface area contributed by atoms with Crippen molar-refractivity contribution in [2.45, 2.75) is 20.3 Å². The van der Waals surface area contributed by atoms with E-state index in [1.807, 2.05) is 19.1 Å². The molecule has 21 heavy (non-hydrogen) atoms. The van der Waals surface area contributed by atoms with Crippen molar-refractivity contribution in [1.82, 2.24) is 0 Å². The number of halogens is 1. The molecule has 0 radical (unpaired) electrons.